The molecule has 5 nitrogen and oxygen atoms in total. The molecule has 100 valence electrons. The first-order valence-corrected chi connectivity index (χ1v) is 6.21. The Hall–Kier alpha value is -1.65. The Balaban J connectivity index is 2.42. The van der Waals surface area contributed by atoms with Crippen LogP contribution >= 0.6 is 0 Å². The van der Waals surface area contributed by atoms with Crippen LogP contribution in [0.25, 0.3) is 0 Å². The van der Waals surface area contributed by atoms with Crippen LogP contribution in [0.1, 0.15) is 39.5 Å². The van der Waals surface area contributed by atoms with Gasteiger partial charge in [0.15, 0.2) is 0 Å². The molecule has 0 radical (unpaired) electrons. The second kappa shape index (κ2) is 6.33. The minimum atomic E-state index is -0.806. The molecule has 0 aromatic rings. The molecule has 2 amide bonds. The van der Waals surface area contributed by atoms with Crippen molar-refractivity contribution < 1.29 is 19.5 Å². The molecule has 0 saturated heterocycles. The van der Waals surface area contributed by atoms with Gasteiger partial charge in [0.1, 0.15) is 0 Å². The summed E-state index contributed by atoms with van der Waals surface area (Å²) in [7, 11) is 0. The second-order valence-electron chi connectivity index (χ2n) is 4.62. The van der Waals surface area contributed by atoms with Gasteiger partial charge in [0.05, 0.1) is 0 Å². The van der Waals surface area contributed by atoms with Crippen molar-refractivity contribution in [2.24, 2.45) is 5.92 Å². The summed E-state index contributed by atoms with van der Waals surface area (Å²) in [6, 6.07) is 0. The zero-order valence-corrected chi connectivity index (χ0v) is 10.8. The van der Waals surface area contributed by atoms with E-state index >= 15 is 0 Å². The van der Waals surface area contributed by atoms with Crippen LogP contribution < -0.4 is 0 Å². The van der Waals surface area contributed by atoms with Crippen molar-refractivity contribution >= 4 is 17.8 Å². The molecule has 1 rings (SSSR count). The van der Waals surface area contributed by atoms with Gasteiger partial charge in [-0.05, 0) is 25.7 Å². The Labute approximate surface area is 106 Å². The predicted molar refractivity (Wildman–Crippen MR) is 65.7 cm³/mol. The van der Waals surface area contributed by atoms with Crippen LogP contribution in [-0.4, -0.2) is 34.3 Å². The number of nitrogens with zero attached hydrogens (tertiary/aromatic N) is 1. The first-order chi connectivity index (χ1) is 8.45. The number of carbonyl (C=O) groups excluding carboxylic acids is 2. The lowest BCUT2D eigenvalue weighted by atomic mass is 9.96. The van der Waals surface area contributed by atoms with Gasteiger partial charge in [-0.2, -0.15) is 0 Å². The third-order valence-electron chi connectivity index (χ3n) is 3.29. The maximum atomic E-state index is 11.6. The summed E-state index contributed by atoms with van der Waals surface area (Å²) in [5.41, 5.74) is 0.471. The van der Waals surface area contributed by atoms with Gasteiger partial charge in [0.2, 0.25) is 0 Å². The monoisotopic (exact) mass is 253 g/mol. The highest BCUT2D eigenvalue weighted by Gasteiger charge is 2.28. The smallest absolute Gasteiger partial charge is 0.303 e. The van der Waals surface area contributed by atoms with E-state index in [0.717, 1.165) is 6.42 Å². The summed E-state index contributed by atoms with van der Waals surface area (Å²) < 4.78 is 0. The van der Waals surface area contributed by atoms with E-state index in [9.17, 15) is 14.4 Å². The maximum absolute atomic E-state index is 11.6. The highest BCUT2D eigenvalue weighted by atomic mass is 16.4. The minimum absolute atomic E-state index is 0.137. The molecule has 1 N–H and O–H groups in total. The Morgan fingerprint density at radius 2 is 2.06 bits per heavy atom. The van der Waals surface area contributed by atoms with Crippen LogP contribution in [-0.2, 0) is 14.4 Å². The predicted octanol–water partition coefficient (Wildman–Crippen LogP) is 1.58. The van der Waals surface area contributed by atoms with E-state index in [1.807, 2.05) is 6.92 Å². The van der Waals surface area contributed by atoms with E-state index in [2.05, 4.69) is 0 Å². The second-order valence-corrected chi connectivity index (χ2v) is 4.62. The molecule has 1 heterocycles. The lowest BCUT2D eigenvalue weighted by molar-refractivity contribution is -0.139. The molecule has 5 heteroatoms. The number of carboxylic acids is 1. The fraction of sp³-hybridized carbons (Fsp3) is 0.615. The molecular formula is C13H19NO4. The Kier molecular flexibility index (Phi) is 5.07. The van der Waals surface area contributed by atoms with Crippen LogP contribution in [0, 0.1) is 5.92 Å². The number of carbonyl (C=O) groups is 3. The molecule has 1 aliphatic heterocycles. The van der Waals surface area contributed by atoms with E-state index in [4.69, 9.17) is 5.11 Å². The summed E-state index contributed by atoms with van der Waals surface area (Å²) in [5, 5.41) is 8.63. The lowest BCUT2D eigenvalue weighted by Crippen LogP contribution is -2.32. The SMILES string of the molecule is CCC(CCC(=O)O)CCN1C(=O)C=C(C)C1=O. The summed E-state index contributed by atoms with van der Waals surface area (Å²) in [6.07, 6.45) is 3.60. The van der Waals surface area contributed by atoms with Crippen LogP contribution in [0.15, 0.2) is 11.6 Å². The van der Waals surface area contributed by atoms with E-state index in [0.29, 0.717) is 25.0 Å². The lowest BCUT2D eigenvalue weighted by Gasteiger charge is -2.19. The summed E-state index contributed by atoms with van der Waals surface area (Å²) in [6.45, 7) is 4.00. The van der Waals surface area contributed by atoms with Crippen molar-refractivity contribution in [3.8, 4) is 0 Å². The first kappa shape index (κ1) is 14.4. The quantitative estimate of drug-likeness (QED) is 0.699. The van der Waals surface area contributed by atoms with Gasteiger partial charge in [0.25, 0.3) is 11.8 Å². The summed E-state index contributed by atoms with van der Waals surface area (Å²) in [4.78, 5) is 34.9. The summed E-state index contributed by atoms with van der Waals surface area (Å²) >= 11 is 0. The molecule has 1 unspecified atom stereocenters. The topological polar surface area (TPSA) is 74.7 Å². The fourth-order valence-corrected chi connectivity index (χ4v) is 2.04. The average molecular weight is 253 g/mol. The molecule has 0 aliphatic carbocycles. The summed E-state index contributed by atoms with van der Waals surface area (Å²) in [5.74, 6) is -1.06. The van der Waals surface area contributed by atoms with Gasteiger partial charge in [-0.25, -0.2) is 0 Å². The van der Waals surface area contributed by atoms with Gasteiger partial charge >= 0.3 is 5.97 Å². The maximum Gasteiger partial charge on any atom is 0.303 e. The first-order valence-electron chi connectivity index (χ1n) is 6.21. The number of hydrogen-bond donors (Lipinski definition) is 1. The number of amides is 2. The Morgan fingerprint density at radius 1 is 1.39 bits per heavy atom. The Morgan fingerprint density at radius 3 is 2.50 bits per heavy atom. The van der Waals surface area contributed by atoms with Gasteiger partial charge < -0.3 is 5.11 Å². The fourth-order valence-electron chi connectivity index (χ4n) is 2.04. The van der Waals surface area contributed by atoms with Crippen molar-refractivity contribution in [3.63, 3.8) is 0 Å². The molecule has 0 aromatic heterocycles. The number of aliphatic carboxylic acids is 1. The number of imide groups is 1. The Bertz CT molecular complexity index is 386. The molecule has 0 fully saturated rings. The highest BCUT2D eigenvalue weighted by molar-refractivity contribution is 6.15. The van der Waals surface area contributed by atoms with Crippen molar-refractivity contribution in [2.45, 2.75) is 39.5 Å². The third kappa shape index (κ3) is 3.68. The molecule has 0 saturated carbocycles. The standard InChI is InChI=1S/C13H19NO4/c1-3-10(4-5-12(16)17)6-7-14-11(15)8-9(2)13(14)18/h8,10H,3-7H2,1-2H3,(H,16,17). The zero-order chi connectivity index (χ0) is 13.7. The van der Waals surface area contributed by atoms with Crippen LogP contribution in [0.5, 0.6) is 0 Å². The van der Waals surface area contributed by atoms with E-state index in [-0.39, 0.29) is 24.2 Å². The largest absolute Gasteiger partial charge is 0.481 e. The number of rotatable bonds is 7. The zero-order valence-electron chi connectivity index (χ0n) is 10.8. The van der Waals surface area contributed by atoms with Crippen LogP contribution in [0.4, 0.5) is 0 Å². The van der Waals surface area contributed by atoms with Crippen LogP contribution in [0.3, 0.4) is 0 Å². The molecule has 1 aliphatic rings. The molecule has 1 atom stereocenters. The van der Waals surface area contributed by atoms with E-state index < -0.39 is 5.97 Å². The number of carboxylic acid groups (broad SMARTS) is 1. The van der Waals surface area contributed by atoms with Crippen molar-refractivity contribution in [1.82, 2.24) is 4.90 Å². The van der Waals surface area contributed by atoms with Gasteiger partial charge in [-0.15, -0.1) is 0 Å². The molecule has 0 aromatic carbocycles. The van der Waals surface area contributed by atoms with Crippen molar-refractivity contribution in [3.05, 3.63) is 11.6 Å². The van der Waals surface area contributed by atoms with Gasteiger partial charge in [0, 0.05) is 24.6 Å². The molecule has 18 heavy (non-hydrogen) atoms. The van der Waals surface area contributed by atoms with Crippen LogP contribution in [0.2, 0.25) is 0 Å². The van der Waals surface area contributed by atoms with Crippen molar-refractivity contribution in [2.75, 3.05) is 6.54 Å². The highest BCUT2D eigenvalue weighted by Crippen LogP contribution is 2.19. The third-order valence-corrected chi connectivity index (χ3v) is 3.29. The molecule has 0 bridgehead atoms. The van der Waals surface area contributed by atoms with Gasteiger partial charge in [-0.3, -0.25) is 19.3 Å². The van der Waals surface area contributed by atoms with E-state index in [1.54, 1.807) is 6.92 Å². The average Bonchev–Trinajstić information content (AvgIpc) is 2.54. The van der Waals surface area contributed by atoms with Crippen molar-refractivity contribution in [1.29, 1.82) is 0 Å². The molecular weight excluding hydrogens is 234 g/mol. The molecule has 0 spiro atoms. The minimum Gasteiger partial charge on any atom is -0.481 e. The number of hydrogen-bond acceptors (Lipinski definition) is 3. The van der Waals surface area contributed by atoms with Gasteiger partial charge in [-0.1, -0.05) is 13.3 Å². The van der Waals surface area contributed by atoms with E-state index in [1.165, 1.54) is 11.0 Å². The normalized spacial score (nSPS) is 17.0.